The molecule has 168 valence electrons. The van der Waals surface area contributed by atoms with E-state index in [1.807, 2.05) is 4.74 Å². The molecular formula is C9H3F14IO4. The maximum absolute atomic E-state index is 13.8. The molecule has 0 aliphatic rings. The van der Waals surface area contributed by atoms with Crippen LogP contribution in [0.1, 0.15) is 0 Å². The van der Waals surface area contributed by atoms with E-state index in [0.29, 0.717) is 0 Å². The van der Waals surface area contributed by atoms with Gasteiger partial charge in [0.15, 0.2) is 0 Å². The van der Waals surface area contributed by atoms with Crippen molar-refractivity contribution in [1.82, 2.24) is 0 Å². The van der Waals surface area contributed by atoms with E-state index in [1.165, 1.54) is 0 Å². The maximum atomic E-state index is 13.8. The predicted octanol–water partition coefficient (Wildman–Crippen LogP) is 4.86. The number of hydrogen-bond acceptors (Lipinski definition) is 4. The lowest BCUT2D eigenvalue weighted by molar-refractivity contribution is -0.531. The molecule has 0 saturated heterocycles. The second-order valence-electron chi connectivity index (χ2n) is 4.41. The zero-order valence-corrected chi connectivity index (χ0v) is 14.5. The lowest BCUT2D eigenvalue weighted by Crippen LogP contribution is -2.67. The van der Waals surface area contributed by atoms with Crippen molar-refractivity contribution < 1.29 is 80.5 Å². The Bertz CT molecular complexity index is 583. The van der Waals surface area contributed by atoms with E-state index in [1.54, 1.807) is 4.74 Å². The fourth-order valence-corrected chi connectivity index (χ4v) is 1.22. The first-order valence-electron chi connectivity index (χ1n) is 5.72. The van der Waals surface area contributed by atoms with Gasteiger partial charge in [-0.05, 0) is 0 Å². The molecule has 0 aromatic carbocycles. The van der Waals surface area contributed by atoms with E-state index in [2.05, 4.69) is 4.74 Å². The molecule has 0 rings (SSSR count). The summed E-state index contributed by atoms with van der Waals surface area (Å²) in [6, 6.07) is 0. The Morgan fingerprint density at radius 2 is 1.07 bits per heavy atom. The number of ether oxygens (including phenoxy) is 3. The number of methoxy groups -OCH3 is 1. The van der Waals surface area contributed by atoms with Gasteiger partial charge in [0.05, 0.1) is 7.11 Å². The second-order valence-corrected chi connectivity index (χ2v) is 5.77. The summed E-state index contributed by atoms with van der Waals surface area (Å²) in [6.07, 6.45) is -28.7. The minimum absolute atomic E-state index is 0.140. The first kappa shape index (κ1) is 27.1. The van der Waals surface area contributed by atoms with Gasteiger partial charge in [-0.15, -0.1) is 0 Å². The van der Waals surface area contributed by atoms with Crippen LogP contribution in [0.5, 0.6) is 0 Å². The summed E-state index contributed by atoms with van der Waals surface area (Å²) in [6.45, 7) is 0. The van der Waals surface area contributed by atoms with E-state index < -0.39 is 68.8 Å². The highest BCUT2D eigenvalue weighted by molar-refractivity contribution is 14.1. The van der Waals surface area contributed by atoms with Gasteiger partial charge >= 0.3 is 46.2 Å². The van der Waals surface area contributed by atoms with Crippen LogP contribution in [0.3, 0.4) is 0 Å². The molecule has 0 aromatic rings. The zero-order valence-electron chi connectivity index (χ0n) is 12.3. The average molecular weight is 568 g/mol. The Morgan fingerprint density at radius 1 is 0.679 bits per heavy atom. The number of rotatable bonds is 7. The van der Waals surface area contributed by atoms with Crippen LogP contribution in [0.15, 0.2) is 0 Å². The number of carbonyl (C=O) groups excluding carboxylic acids is 1. The normalized spacial score (nSPS) is 19.0. The van der Waals surface area contributed by atoms with E-state index in [0.717, 1.165) is 0 Å². The number of carbonyl (C=O) groups is 1. The summed E-state index contributed by atoms with van der Waals surface area (Å²) in [5.41, 5.74) is 0. The van der Waals surface area contributed by atoms with Crippen molar-refractivity contribution in [2.75, 3.05) is 7.11 Å². The molecule has 0 saturated carbocycles. The van der Waals surface area contributed by atoms with Crippen molar-refractivity contribution in [3.05, 3.63) is 0 Å². The van der Waals surface area contributed by atoms with Crippen LogP contribution >= 0.6 is 22.6 Å². The molecule has 0 aliphatic carbocycles. The molecule has 0 aliphatic heterocycles. The van der Waals surface area contributed by atoms with Gasteiger partial charge in [-0.2, -0.15) is 61.5 Å². The van der Waals surface area contributed by atoms with Crippen LogP contribution in [0.4, 0.5) is 61.5 Å². The molecule has 0 fully saturated rings. The van der Waals surface area contributed by atoms with Gasteiger partial charge in [0.1, 0.15) is 0 Å². The van der Waals surface area contributed by atoms with Gasteiger partial charge in [-0.1, -0.05) is 0 Å². The fourth-order valence-electron chi connectivity index (χ4n) is 1.11. The smallest absolute Gasteiger partial charge is 0.460 e. The van der Waals surface area contributed by atoms with Gasteiger partial charge in [0, 0.05) is 22.6 Å². The maximum Gasteiger partial charge on any atom is 0.460 e. The third kappa shape index (κ3) is 4.82. The number of halogens is 15. The van der Waals surface area contributed by atoms with Crippen molar-refractivity contribution in [3.8, 4) is 0 Å². The highest BCUT2D eigenvalue weighted by atomic mass is 127. The van der Waals surface area contributed by atoms with Crippen molar-refractivity contribution >= 4 is 28.6 Å². The number of esters is 1. The van der Waals surface area contributed by atoms with Crippen LogP contribution in [0.25, 0.3) is 0 Å². The standard InChI is InChI=1S/C9H3F14IO4/c1-26-2(25)3(10,5(12,13)14)27-4(11,6(15,16)17)8(20,21)28-9(22,23)7(18,19)24/h1H3. The number of alkyl halides is 15. The molecule has 0 spiro atoms. The second kappa shape index (κ2) is 7.43. The van der Waals surface area contributed by atoms with Crippen LogP contribution in [0, 0.1) is 0 Å². The van der Waals surface area contributed by atoms with Gasteiger partial charge < -0.3 is 4.74 Å². The first-order chi connectivity index (χ1) is 11.9. The van der Waals surface area contributed by atoms with Gasteiger partial charge in [-0.3, -0.25) is 4.74 Å². The van der Waals surface area contributed by atoms with Crippen molar-refractivity contribution in [2.45, 2.75) is 40.2 Å². The van der Waals surface area contributed by atoms with Gasteiger partial charge in [0.2, 0.25) is 0 Å². The SMILES string of the molecule is COC(=O)C(F)(OC(F)(C(F)(F)F)C(F)(F)OC(F)(F)C(F)(F)I)C(F)(F)F. The summed E-state index contributed by atoms with van der Waals surface area (Å²) < 4.78 is 181. The molecule has 0 bridgehead atoms. The Labute approximate surface area is 157 Å². The Balaban J connectivity index is 6.53. The minimum atomic E-state index is -7.55. The number of hydrogen-bond donors (Lipinski definition) is 0. The summed E-state index contributed by atoms with van der Waals surface area (Å²) >= 11 is -0.648. The molecule has 4 nitrogen and oxygen atoms in total. The Kier molecular flexibility index (Phi) is 7.21. The molecule has 0 heterocycles. The summed E-state index contributed by atoms with van der Waals surface area (Å²) in [5.74, 6) is -17.8. The van der Waals surface area contributed by atoms with Crippen molar-refractivity contribution in [1.29, 1.82) is 0 Å². The molecule has 0 amide bonds. The first-order valence-corrected chi connectivity index (χ1v) is 6.80. The van der Waals surface area contributed by atoms with E-state index in [4.69, 9.17) is 0 Å². The van der Waals surface area contributed by atoms with E-state index >= 15 is 0 Å². The lowest BCUT2D eigenvalue weighted by Gasteiger charge is -2.39. The third-order valence-corrected chi connectivity index (χ3v) is 3.05. The topological polar surface area (TPSA) is 44.8 Å². The Morgan fingerprint density at radius 3 is 1.32 bits per heavy atom. The molecule has 0 radical (unpaired) electrons. The van der Waals surface area contributed by atoms with Crippen LogP contribution in [-0.4, -0.2) is 53.3 Å². The molecule has 19 heteroatoms. The predicted molar refractivity (Wildman–Crippen MR) is 62.8 cm³/mol. The summed E-state index contributed by atoms with van der Waals surface area (Å²) in [4.78, 5) is 10.7. The van der Waals surface area contributed by atoms with Crippen molar-refractivity contribution in [2.24, 2.45) is 0 Å². The van der Waals surface area contributed by atoms with Crippen LogP contribution < -0.4 is 0 Å². The molecular weight excluding hydrogens is 565 g/mol. The molecule has 0 N–H and O–H groups in total. The van der Waals surface area contributed by atoms with Crippen LogP contribution in [0.2, 0.25) is 0 Å². The fraction of sp³-hybridized carbons (Fsp3) is 0.889. The molecule has 2 unspecified atom stereocenters. The Hall–Kier alpha value is -0.860. The van der Waals surface area contributed by atoms with E-state index in [-0.39, 0.29) is 7.11 Å². The highest BCUT2D eigenvalue weighted by Crippen LogP contribution is 2.55. The average Bonchev–Trinajstić information content (AvgIpc) is 2.40. The molecule has 0 aromatic heterocycles. The molecule has 2 atom stereocenters. The van der Waals surface area contributed by atoms with E-state index in [9.17, 15) is 66.3 Å². The van der Waals surface area contributed by atoms with Gasteiger partial charge in [-0.25, -0.2) is 9.53 Å². The zero-order chi connectivity index (χ0) is 23.2. The van der Waals surface area contributed by atoms with Crippen molar-refractivity contribution in [3.63, 3.8) is 0 Å². The van der Waals surface area contributed by atoms with Gasteiger partial charge in [0.25, 0.3) is 0 Å². The summed E-state index contributed by atoms with van der Waals surface area (Å²) in [7, 11) is -0.140. The minimum Gasteiger partial charge on any atom is -0.465 e. The van der Waals surface area contributed by atoms with Crippen LogP contribution in [-0.2, 0) is 19.0 Å². The summed E-state index contributed by atoms with van der Waals surface area (Å²) in [5, 5.41) is 0. The monoisotopic (exact) mass is 568 g/mol. The largest absolute Gasteiger partial charge is 0.465 e. The quantitative estimate of drug-likeness (QED) is 0.191. The lowest BCUT2D eigenvalue weighted by atomic mass is 10.2. The molecule has 28 heavy (non-hydrogen) atoms. The third-order valence-electron chi connectivity index (χ3n) is 2.42. The highest BCUT2D eigenvalue weighted by Gasteiger charge is 2.83.